The van der Waals surface area contributed by atoms with Crippen LogP contribution in [0, 0.1) is 10.1 Å². The number of nitro benzene ring substituents is 1. The molecule has 0 aliphatic carbocycles. The SMILES string of the molecule is CN(Cc1cn(-c2ccccc2)nc1-c1ccccc1)c1cc2nc[nH]c(=O)c2cc1[N+](=O)[O-]. The zero-order chi connectivity index (χ0) is 23.7. The molecule has 34 heavy (non-hydrogen) atoms. The highest BCUT2D eigenvalue weighted by molar-refractivity contribution is 5.87. The molecule has 0 bridgehead atoms. The summed E-state index contributed by atoms with van der Waals surface area (Å²) in [6, 6.07) is 22.4. The lowest BCUT2D eigenvalue weighted by molar-refractivity contribution is -0.384. The van der Waals surface area contributed by atoms with Crippen molar-refractivity contribution in [3.63, 3.8) is 0 Å². The zero-order valence-corrected chi connectivity index (χ0v) is 18.3. The number of nitrogens with zero attached hydrogens (tertiary/aromatic N) is 5. The number of hydrogen-bond acceptors (Lipinski definition) is 6. The van der Waals surface area contributed by atoms with Crippen LogP contribution in [0.25, 0.3) is 27.8 Å². The lowest BCUT2D eigenvalue weighted by Gasteiger charge is -2.19. The molecule has 168 valence electrons. The van der Waals surface area contributed by atoms with Gasteiger partial charge >= 0.3 is 0 Å². The van der Waals surface area contributed by atoms with Crippen LogP contribution in [0.5, 0.6) is 0 Å². The number of benzene rings is 3. The van der Waals surface area contributed by atoms with E-state index in [1.54, 1.807) is 22.7 Å². The number of H-pyrrole nitrogens is 1. The van der Waals surface area contributed by atoms with Crippen LogP contribution in [0.2, 0.25) is 0 Å². The Kier molecular flexibility index (Phi) is 5.35. The Balaban J connectivity index is 1.60. The lowest BCUT2D eigenvalue weighted by Crippen LogP contribution is -2.18. The maximum atomic E-state index is 12.1. The average molecular weight is 452 g/mol. The molecule has 0 saturated heterocycles. The first-order valence-corrected chi connectivity index (χ1v) is 10.6. The summed E-state index contributed by atoms with van der Waals surface area (Å²) >= 11 is 0. The topological polar surface area (TPSA) is 110 Å². The van der Waals surface area contributed by atoms with E-state index < -0.39 is 10.5 Å². The third kappa shape index (κ3) is 3.90. The second-order valence-corrected chi connectivity index (χ2v) is 7.85. The number of para-hydroxylation sites is 1. The average Bonchev–Trinajstić information content (AvgIpc) is 3.28. The molecule has 0 atom stereocenters. The van der Waals surface area contributed by atoms with Crippen LogP contribution in [0.15, 0.2) is 90.1 Å². The van der Waals surface area contributed by atoms with Gasteiger partial charge in [-0.15, -0.1) is 0 Å². The summed E-state index contributed by atoms with van der Waals surface area (Å²) in [5.74, 6) is 0. The molecule has 2 heterocycles. The van der Waals surface area contributed by atoms with Crippen molar-refractivity contribution in [3.8, 4) is 16.9 Å². The molecule has 5 aromatic rings. The molecule has 1 N–H and O–H groups in total. The minimum atomic E-state index is -0.483. The van der Waals surface area contributed by atoms with Gasteiger partial charge < -0.3 is 9.88 Å². The summed E-state index contributed by atoms with van der Waals surface area (Å²) in [7, 11) is 1.77. The molecule has 9 nitrogen and oxygen atoms in total. The second-order valence-electron chi connectivity index (χ2n) is 7.85. The Hall–Kier alpha value is -4.79. The van der Waals surface area contributed by atoms with Crippen molar-refractivity contribution in [1.29, 1.82) is 0 Å². The summed E-state index contributed by atoms with van der Waals surface area (Å²) < 4.78 is 1.81. The third-order valence-corrected chi connectivity index (χ3v) is 5.61. The highest BCUT2D eigenvalue weighted by Gasteiger charge is 2.22. The van der Waals surface area contributed by atoms with E-state index in [4.69, 9.17) is 5.10 Å². The lowest BCUT2D eigenvalue weighted by atomic mass is 10.1. The van der Waals surface area contributed by atoms with Crippen molar-refractivity contribution in [1.82, 2.24) is 19.7 Å². The van der Waals surface area contributed by atoms with Crippen molar-refractivity contribution in [3.05, 3.63) is 111 Å². The highest BCUT2D eigenvalue weighted by Crippen LogP contribution is 2.33. The summed E-state index contributed by atoms with van der Waals surface area (Å²) in [5.41, 5.74) is 3.71. The van der Waals surface area contributed by atoms with Gasteiger partial charge in [0.2, 0.25) is 0 Å². The molecule has 5 rings (SSSR count). The summed E-state index contributed by atoms with van der Waals surface area (Å²) in [6.07, 6.45) is 3.22. The molecule has 9 heteroatoms. The van der Waals surface area contributed by atoms with E-state index in [-0.39, 0.29) is 11.1 Å². The molecule has 3 aromatic carbocycles. The van der Waals surface area contributed by atoms with Crippen LogP contribution in [-0.4, -0.2) is 31.7 Å². The summed E-state index contributed by atoms with van der Waals surface area (Å²) in [5, 5.41) is 16.8. The van der Waals surface area contributed by atoms with Crippen LogP contribution < -0.4 is 10.5 Å². The van der Waals surface area contributed by atoms with E-state index in [1.807, 2.05) is 66.9 Å². The van der Waals surface area contributed by atoms with Gasteiger partial charge in [0, 0.05) is 37.0 Å². The van der Waals surface area contributed by atoms with Gasteiger partial charge in [-0.05, 0) is 18.2 Å². The van der Waals surface area contributed by atoms with Crippen LogP contribution in [0.1, 0.15) is 5.56 Å². The first kappa shape index (κ1) is 21.1. The van der Waals surface area contributed by atoms with Gasteiger partial charge in [-0.2, -0.15) is 5.10 Å². The Morgan fingerprint density at radius 1 is 1.06 bits per heavy atom. The van der Waals surface area contributed by atoms with Crippen LogP contribution in [0.4, 0.5) is 11.4 Å². The fraction of sp³-hybridized carbons (Fsp3) is 0.0800. The summed E-state index contributed by atoms with van der Waals surface area (Å²) in [6.45, 7) is 0.354. The molecular formula is C25H20N6O3. The standard InChI is InChI=1S/C25H20N6O3/c1-29(22-13-21-20(12-23(22)31(33)34)25(32)27-16-26-21)14-18-15-30(19-10-6-3-7-11-19)28-24(18)17-8-4-2-5-9-17/h2-13,15-16H,14H2,1H3,(H,26,27,32). The number of aromatic nitrogens is 4. The van der Waals surface area contributed by atoms with Gasteiger partial charge in [0.25, 0.3) is 11.2 Å². The second kappa shape index (κ2) is 8.62. The predicted octanol–water partition coefficient (Wildman–Crippen LogP) is 4.32. The van der Waals surface area contributed by atoms with E-state index in [0.29, 0.717) is 17.7 Å². The molecule has 2 aromatic heterocycles. The van der Waals surface area contributed by atoms with Crippen molar-refractivity contribution in [2.75, 3.05) is 11.9 Å². The van der Waals surface area contributed by atoms with Crippen LogP contribution >= 0.6 is 0 Å². The molecule has 0 saturated carbocycles. The van der Waals surface area contributed by atoms with Crippen molar-refractivity contribution >= 4 is 22.3 Å². The molecule has 0 aliphatic heterocycles. The smallest absolute Gasteiger partial charge is 0.293 e. The number of aromatic amines is 1. The molecule has 0 aliphatic rings. The van der Waals surface area contributed by atoms with E-state index >= 15 is 0 Å². The van der Waals surface area contributed by atoms with Crippen molar-refractivity contribution in [2.24, 2.45) is 0 Å². The number of nitro groups is 1. The Morgan fingerprint density at radius 2 is 1.76 bits per heavy atom. The van der Waals surface area contributed by atoms with Gasteiger partial charge in [-0.1, -0.05) is 48.5 Å². The third-order valence-electron chi connectivity index (χ3n) is 5.61. The van der Waals surface area contributed by atoms with E-state index in [1.165, 1.54) is 12.4 Å². The molecule has 0 unspecified atom stereocenters. The van der Waals surface area contributed by atoms with E-state index in [2.05, 4.69) is 9.97 Å². The monoisotopic (exact) mass is 452 g/mol. The number of rotatable bonds is 6. The summed E-state index contributed by atoms with van der Waals surface area (Å²) in [4.78, 5) is 31.9. The Morgan fingerprint density at radius 3 is 2.47 bits per heavy atom. The quantitative estimate of drug-likeness (QED) is 0.303. The van der Waals surface area contributed by atoms with Crippen LogP contribution in [-0.2, 0) is 6.54 Å². The Bertz CT molecular complexity index is 1540. The van der Waals surface area contributed by atoms with Crippen molar-refractivity contribution < 1.29 is 4.92 Å². The molecule has 0 fully saturated rings. The molecule has 0 radical (unpaired) electrons. The number of hydrogen-bond donors (Lipinski definition) is 1. The maximum Gasteiger partial charge on any atom is 0.293 e. The number of nitrogens with one attached hydrogen (secondary N) is 1. The van der Waals surface area contributed by atoms with Crippen LogP contribution in [0.3, 0.4) is 0 Å². The zero-order valence-electron chi connectivity index (χ0n) is 18.3. The highest BCUT2D eigenvalue weighted by atomic mass is 16.6. The minimum Gasteiger partial charge on any atom is -0.365 e. The van der Waals surface area contributed by atoms with Gasteiger partial charge in [0.05, 0.1) is 33.5 Å². The predicted molar refractivity (Wildman–Crippen MR) is 130 cm³/mol. The number of fused-ring (bicyclic) bond motifs is 1. The van der Waals surface area contributed by atoms with Gasteiger partial charge in [0.1, 0.15) is 5.69 Å². The van der Waals surface area contributed by atoms with Gasteiger partial charge in [-0.25, -0.2) is 9.67 Å². The minimum absolute atomic E-state index is 0.162. The first-order chi connectivity index (χ1) is 16.5. The van der Waals surface area contributed by atoms with E-state index in [0.717, 1.165) is 22.5 Å². The molecule has 0 spiro atoms. The van der Waals surface area contributed by atoms with Crippen molar-refractivity contribution in [2.45, 2.75) is 6.54 Å². The van der Waals surface area contributed by atoms with Gasteiger partial charge in [-0.3, -0.25) is 14.9 Å². The maximum absolute atomic E-state index is 12.1. The normalized spacial score (nSPS) is 11.0. The van der Waals surface area contributed by atoms with E-state index in [9.17, 15) is 14.9 Å². The largest absolute Gasteiger partial charge is 0.365 e. The fourth-order valence-corrected chi connectivity index (χ4v) is 3.96. The number of anilines is 1. The Labute approximate surface area is 194 Å². The fourth-order valence-electron chi connectivity index (χ4n) is 3.96. The first-order valence-electron chi connectivity index (χ1n) is 10.6. The molecule has 0 amide bonds. The molecular weight excluding hydrogens is 432 g/mol. The van der Waals surface area contributed by atoms with Gasteiger partial charge in [0.15, 0.2) is 0 Å².